The fourth-order valence-corrected chi connectivity index (χ4v) is 1.47. The molecule has 0 heterocycles. The summed E-state index contributed by atoms with van der Waals surface area (Å²) in [5.74, 6) is -1.44. The van der Waals surface area contributed by atoms with Gasteiger partial charge in [0.2, 0.25) is 0 Å². The van der Waals surface area contributed by atoms with Crippen LogP contribution in [0.5, 0.6) is 0 Å². The molecule has 4 heteroatoms. The molecular formula is C13H17NO3. The highest BCUT2D eigenvalue weighted by Crippen LogP contribution is 2.15. The zero-order valence-corrected chi connectivity index (χ0v) is 10.4. The molecule has 0 saturated carbocycles. The highest BCUT2D eigenvalue weighted by Gasteiger charge is 2.22. The maximum atomic E-state index is 11.8. The van der Waals surface area contributed by atoms with Crippen molar-refractivity contribution in [1.29, 1.82) is 0 Å². The van der Waals surface area contributed by atoms with Crippen LogP contribution in [0.3, 0.4) is 0 Å². The van der Waals surface area contributed by atoms with Gasteiger partial charge in [0.15, 0.2) is 0 Å². The van der Waals surface area contributed by atoms with Crippen molar-refractivity contribution < 1.29 is 14.3 Å². The zero-order chi connectivity index (χ0) is 12.8. The Bertz CT molecular complexity index is 398. The van der Waals surface area contributed by atoms with Crippen LogP contribution in [0.2, 0.25) is 0 Å². The van der Waals surface area contributed by atoms with Crippen LogP contribution in [0.1, 0.15) is 19.4 Å². The lowest BCUT2D eigenvalue weighted by atomic mass is 10.2. The third kappa shape index (κ3) is 3.31. The summed E-state index contributed by atoms with van der Waals surface area (Å²) in [6.07, 6.45) is 0. The molecule has 1 aromatic rings. The normalized spacial score (nSPS) is 9.82. The second kappa shape index (κ2) is 6.03. The van der Waals surface area contributed by atoms with Gasteiger partial charge in [-0.1, -0.05) is 17.7 Å². The number of aryl methyl sites for hydroxylation is 1. The highest BCUT2D eigenvalue weighted by atomic mass is 16.5. The molecule has 4 nitrogen and oxygen atoms in total. The molecular weight excluding hydrogens is 218 g/mol. The molecule has 0 bridgehead atoms. The summed E-state index contributed by atoms with van der Waals surface area (Å²) < 4.78 is 4.70. The predicted octanol–water partition coefficient (Wildman–Crippen LogP) is 1.91. The van der Waals surface area contributed by atoms with Crippen LogP contribution in [0.25, 0.3) is 0 Å². The van der Waals surface area contributed by atoms with Gasteiger partial charge in [0.25, 0.3) is 0 Å². The van der Waals surface area contributed by atoms with Crippen LogP contribution in [0.15, 0.2) is 24.3 Å². The molecule has 0 radical (unpaired) electrons. The third-order valence-electron chi connectivity index (χ3n) is 2.36. The first-order valence-corrected chi connectivity index (χ1v) is 5.65. The van der Waals surface area contributed by atoms with Crippen molar-refractivity contribution in [2.75, 3.05) is 18.1 Å². The van der Waals surface area contributed by atoms with E-state index in [2.05, 4.69) is 0 Å². The lowest BCUT2D eigenvalue weighted by molar-refractivity contribution is -0.153. The molecule has 0 aromatic heterocycles. The first-order valence-electron chi connectivity index (χ1n) is 5.65. The Morgan fingerprint density at radius 2 is 1.76 bits per heavy atom. The monoisotopic (exact) mass is 235 g/mol. The number of anilines is 1. The quantitative estimate of drug-likeness (QED) is 0.594. The molecule has 0 fully saturated rings. The molecule has 0 aliphatic carbocycles. The van der Waals surface area contributed by atoms with Crippen molar-refractivity contribution in [3.63, 3.8) is 0 Å². The number of hydrogen-bond donors (Lipinski definition) is 0. The van der Waals surface area contributed by atoms with Gasteiger partial charge >= 0.3 is 11.9 Å². The van der Waals surface area contributed by atoms with Gasteiger partial charge in [0.1, 0.15) is 0 Å². The zero-order valence-electron chi connectivity index (χ0n) is 10.4. The molecule has 0 atom stereocenters. The van der Waals surface area contributed by atoms with E-state index in [4.69, 9.17) is 4.74 Å². The van der Waals surface area contributed by atoms with E-state index in [1.807, 2.05) is 38.1 Å². The van der Waals surface area contributed by atoms with Gasteiger partial charge in [-0.05, 0) is 32.9 Å². The Labute approximate surface area is 101 Å². The van der Waals surface area contributed by atoms with Crippen molar-refractivity contribution in [2.45, 2.75) is 20.8 Å². The van der Waals surface area contributed by atoms with Crippen LogP contribution in [-0.2, 0) is 14.3 Å². The van der Waals surface area contributed by atoms with E-state index < -0.39 is 11.9 Å². The van der Waals surface area contributed by atoms with Crippen molar-refractivity contribution in [3.8, 4) is 0 Å². The summed E-state index contributed by atoms with van der Waals surface area (Å²) in [5, 5.41) is 0. The summed E-state index contributed by atoms with van der Waals surface area (Å²) in [6, 6.07) is 7.43. The topological polar surface area (TPSA) is 46.6 Å². The van der Waals surface area contributed by atoms with Gasteiger partial charge in [0, 0.05) is 12.2 Å². The molecule has 0 unspecified atom stereocenters. The predicted molar refractivity (Wildman–Crippen MR) is 65.8 cm³/mol. The molecule has 0 N–H and O–H groups in total. The Kier molecular flexibility index (Phi) is 4.69. The Hall–Kier alpha value is -1.84. The summed E-state index contributed by atoms with van der Waals surface area (Å²) in [4.78, 5) is 24.6. The smallest absolute Gasteiger partial charge is 0.397 e. The van der Waals surface area contributed by atoms with Crippen molar-refractivity contribution in [2.24, 2.45) is 0 Å². The number of carbonyl (C=O) groups excluding carboxylic acids is 2. The van der Waals surface area contributed by atoms with Gasteiger partial charge < -0.3 is 9.64 Å². The molecule has 0 aliphatic heterocycles. The van der Waals surface area contributed by atoms with E-state index in [0.717, 1.165) is 5.56 Å². The summed E-state index contributed by atoms with van der Waals surface area (Å²) in [6.45, 7) is 6.09. The average molecular weight is 235 g/mol. The Morgan fingerprint density at radius 1 is 1.18 bits per heavy atom. The average Bonchev–Trinajstić information content (AvgIpc) is 2.32. The summed E-state index contributed by atoms with van der Waals surface area (Å²) in [7, 11) is 0. The molecule has 0 aliphatic rings. The van der Waals surface area contributed by atoms with Gasteiger partial charge in [-0.15, -0.1) is 0 Å². The number of amides is 1. The Balaban J connectivity index is 2.88. The van der Waals surface area contributed by atoms with Gasteiger partial charge in [-0.25, -0.2) is 4.79 Å². The van der Waals surface area contributed by atoms with E-state index in [9.17, 15) is 9.59 Å². The molecule has 0 spiro atoms. The molecule has 92 valence electrons. The van der Waals surface area contributed by atoms with E-state index in [1.54, 1.807) is 6.92 Å². The maximum Gasteiger partial charge on any atom is 0.397 e. The molecule has 1 aromatic carbocycles. The van der Waals surface area contributed by atoms with Crippen LogP contribution in [0.4, 0.5) is 5.69 Å². The van der Waals surface area contributed by atoms with E-state index in [-0.39, 0.29) is 6.61 Å². The van der Waals surface area contributed by atoms with Crippen LogP contribution in [-0.4, -0.2) is 25.0 Å². The number of esters is 1. The molecule has 17 heavy (non-hydrogen) atoms. The van der Waals surface area contributed by atoms with E-state index in [1.165, 1.54) is 4.90 Å². The van der Waals surface area contributed by atoms with Crippen LogP contribution < -0.4 is 4.90 Å². The number of benzene rings is 1. The minimum atomic E-state index is -0.810. The SMILES string of the molecule is CCOC(=O)C(=O)N(CC)c1ccc(C)cc1. The lowest BCUT2D eigenvalue weighted by Crippen LogP contribution is -2.37. The van der Waals surface area contributed by atoms with E-state index >= 15 is 0 Å². The fourth-order valence-electron chi connectivity index (χ4n) is 1.47. The fraction of sp³-hybridized carbons (Fsp3) is 0.385. The minimum absolute atomic E-state index is 0.204. The molecule has 0 saturated heterocycles. The maximum absolute atomic E-state index is 11.8. The summed E-state index contributed by atoms with van der Waals surface area (Å²) in [5.41, 5.74) is 1.81. The number of rotatable bonds is 3. The second-order valence-corrected chi connectivity index (χ2v) is 3.61. The van der Waals surface area contributed by atoms with E-state index in [0.29, 0.717) is 12.2 Å². The molecule has 1 amide bonds. The number of carbonyl (C=O) groups is 2. The second-order valence-electron chi connectivity index (χ2n) is 3.61. The standard InChI is InChI=1S/C13H17NO3/c1-4-14(12(15)13(16)17-5-2)11-8-6-10(3)7-9-11/h6-9H,4-5H2,1-3H3. The minimum Gasteiger partial charge on any atom is -0.459 e. The van der Waals surface area contributed by atoms with Gasteiger partial charge in [-0.2, -0.15) is 0 Å². The summed E-state index contributed by atoms with van der Waals surface area (Å²) >= 11 is 0. The van der Waals surface area contributed by atoms with Crippen LogP contribution in [0, 0.1) is 6.92 Å². The first-order chi connectivity index (χ1) is 8.10. The lowest BCUT2D eigenvalue weighted by Gasteiger charge is -2.19. The van der Waals surface area contributed by atoms with Crippen LogP contribution >= 0.6 is 0 Å². The van der Waals surface area contributed by atoms with Crippen molar-refractivity contribution in [3.05, 3.63) is 29.8 Å². The number of nitrogens with zero attached hydrogens (tertiary/aromatic N) is 1. The Morgan fingerprint density at radius 3 is 2.24 bits per heavy atom. The number of hydrogen-bond acceptors (Lipinski definition) is 3. The van der Waals surface area contributed by atoms with Gasteiger partial charge in [-0.3, -0.25) is 4.79 Å². The van der Waals surface area contributed by atoms with Crippen molar-refractivity contribution in [1.82, 2.24) is 0 Å². The first kappa shape index (κ1) is 13.2. The van der Waals surface area contributed by atoms with Gasteiger partial charge in [0.05, 0.1) is 6.61 Å². The van der Waals surface area contributed by atoms with Crippen molar-refractivity contribution >= 4 is 17.6 Å². The third-order valence-corrected chi connectivity index (χ3v) is 2.36. The largest absolute Gasteiger partial charge is 0.459 e. The molecule has 1 rings (SSSR count). The number of likely N-dealkylation sites (N-methyl/N-ethyl adjacent to an activating group) is 1. The highest BCUT2D eigenvalue weighted by molar-refractivity contribution is 6.38. The number of ether oxygens (including phenoxy) is 1.